The molecule has 1 heterocycles. The standard InChI is InChI=1S/C41H36N2O4/c1-2-40(39(45)46,42-37(33-23-11-5-12-24-33)34-25-13-6-14-26-34)41(47-29-17-22-31-18-7-3-8-19-31)35-27-15-16-28-36(35)43(38(41)44)30-32-20-9-4-10-21-32/h3-16,18-21,23-28,37,42H,2,29-30H2,1H3,(H,45,46). The Morgan fingerprint density at radius 2 is 1.34 bits per heavy atom. The quantitative estimate of drug-likeness (QED) is 0.154. The van der Waals surface area contributed by atoms with Gasteiger partial charge in [0.1, 0.15) is 6.61 Å². The first-order chi connectivity index (χ1) is 23.0. The van der Waals surface area contributed by atoms with E-state index in [1.54, 1.807) is 17.9 Å². The van der Waals surface area contributed by atoms with Gasteiger partial charge in [-0.3, -0.25) is 14.9 Å². The minimum absolute atomic E-state index is 0.0316. The zero-order valence-corrected chi connectivity index (χ0v) is 26.2. The normalized spacial score (nSPS) is 16.6. The maximum Gasteiger partial charge on any atom is 0.327 e. The van der Waals surface area contributed by atoms with E-state index in [2.05, 4.69) is 17.2 Å². The van der Waals surface area contributed by atoms with Crippen LogP contribution in [0.2, 0.25) is 0 Å². The van der Waals surface area contributed by atoms with Crippen LogP contribution < -0.4 is 10.2 Å². The molecule has 1 amide bonds. The highest BCUT2D eigenvalue weighted by Crippen LogP contribution is 2.52. The molecule has 2 N–H and O–H groups in total. The first-order valence-corrected chi connectivity index (χ1v) is 15.7. The van der Waals surface area contributed by atoms with Crippen molar-refractivity contribution in [3.05, 3.63) is 173 Å². The van der Waals surface area contributed by atoms with Gasteiger partial charge in [-0.25, -0.2) is 0 Å². The number of nitrogens with zero attached hydrogens (tertiary/aromatic N) is 1. The maximum absolute atomic E-state index is 15.2. The van der Waals surface area contributed by atoms with Gasteiger partial charge in [0, 0.05) is 11.1 Å². The number of carboxylic acids is 1. The molecule has 6 rings (SSSR count). The van der Waals surface area contributed by atoms with E-state index in [0.29, 0.717) is 11.3 Å². The molecular weight excluding hydrogens is 584 g/mol. The van der Waals surface area contributed by atoms with Gasteiger partial charge < -0.3 is 14.7 Å². The number of benzene rings is 5. The third kappa shape index (κ3) is 5.95. The van der Waals surface area contributed by atoms with Crippen molar-refractivity contribution in [2.24, 2.45) is 0 Å². The van der Waals surface area contributed by atoms with Crippen molar-refractivity contribution in [1.82, 2.24) is 5.32 Å². The smallest absolute Gasteiger partial charge is 0.327 e. The van der Waals surface area contributed by atoms with Crippen LogP contribution in [0.15, 0.2) is 146 Å². The number of hydrogen-bond donors (Lipinski definition) is 2. The van der Waals surface area contributed by atoms with Gasteiger partial charge >= 0.3 is 5.97 Å². The van der Waals surface area contributed by atoms with Crippen molar-refractivity contribution in [2.75, 3.05) is 11.5 Å². The average molecular weight is 621 g/mol. The summed E-state index contributed by atoms with van der Waals surface area (Å²) < 4.78 is 6.70. The lowest BCUT2D eigenvalue weighted by atomic mass is 9.72. The largest absolute Gasteiger partial charge is 0.480 e. The van der Waals surface area contributed by atoms with Crippen LogP contribution >= 0.6 is 0 Å². The molecule has 0 aromatic heterocycles. The minimum atomic E-state index is -1.97. The highest BCUT2D eigenvalue weighted by atomic mass is 16.5. The Labute approximate surface area is 275 Å². The minimum Gasteiger partial charge on any atom is -0.480 e. The molecule has 0 fully saturated rings. The number of para-hydroxylation sites is 1. The van der Waals surface area contributed by atoms with Crippen LogP contribution in [0, 0.1) is 11.8 Å². The van der Waals surface area contributed by atoms with E-state index >= 15 is 4.79 Å². The first-order valence-electron chi connectivity index (χ1n) is 15.7. The number of aliphatic carboxylic acids is 1. The number of hydrogen-bond acceptors (Lipinski definition) is 4. The number of carbonyl (C=O) groups is 2. The van der Waals surface area contributed by atoms with Crippen molar-refractivity contribution in [3.8, 4) is 11.8 Å². The highest BCUT2D eigenvalue weighted by Gasteiger charge is 2.68. The van der Waals surface area contributed by atoms with Crippen LogP contribution in [0.4, 0.5) is 5.69 Å². The lowest BCUT2D eigenvalue weighted by Gasteiger charge is -2.46. The average Bonchev–Trinajstić information content (AvgIpc) is 3.36. The topological polar surface area (TPSA) is 78.9 Å². The Morgan fingerprint density at radius 1 is 0.809 bits per heavy atom. The second-order valence-electron chi connectivity index (χ2n) is 11.5. The van der Waals surface area contributed by atoms with Gasteiger partial charge in [-0.2, -0.15) is 0 Å². The predicted molar refractivity (Wildman–Crippen MR) is 184 cm³/mol. The molecule has 2 atom stereocenters. The molecule has 47 heavy (non-hydrogen) atoms. The number of anilines is 1. The molecule has 0 bridgehead atoms. The maximum atomic E-state index is 15.2. The Morgan fingerprint density at radius 3 is 1.91 bits per heavy atom. The van der Waals surface area contributed by atoms with Gasteiger partial charge in [-0.05, 0) is 41.3 Å². The van der Waals surface area contributed by atoms with Crippen molar-refractivity contribution in [1.29, 1.82) is 0 Å². The summed E-state index contributed by atoms with van der Waals surface area (Å²) in [5, 5.41) is 14.9. The molecule has 2 unspecified atom stereocenters. The molecule has 6 nitrogen and oxygen atoms in total. The van der Waals surface area contributed by atoms with Crippen molar-refractivity contribution in [2.45, 2.75) is 37.1 Å². The Bertz CT molecular complexity index is 1850. The van der Waals surface area contributed by atoms with Crippen LogP contribution in [-0.2, 0) is 26.5 Å². The summed E-state index contributed by atoms with van der Waals surface area (Å²) in [5.41, 5.74) is 0.622. The van der Waals surface area contributed by atoms with Gasteiger partial charge in [0.05, 0.1) is 18.3 Å². The summed E-state index contributed by atoms with van der Waals surface area (Å²) in [5.74, 6) is 4.50. The van der Waals surface area contributed by atoms with Crippen LogP contribution in [0.1, 0.15) is 47.2 Å². The fraction of sp³-hybridized carbons (Fsp3) is 0.171. The number of amides is 1. The zero-order valence-electron chi connectivity index (χ0n) is 26.2. The van der Waals surface area contributed by atoms with Gasteiger partial charge in [-0.15, -0.1) is 0 Å². The number of nitrogens with one attached hydrogen (secondary N) is 1. The number of ether oxygens (including phenoxy) is 1. The predicted octanol–water partition coefficient (Wildman–Crippen LogP) is 7.11. The fourth-order valence-corrected chi connectivity index (χ4v) is 6.54. The molecule has 5 aromatic carbocycles. The molecule has 0 spiro atoms. The molecule has 0 saturated heterocycles. The zero-order chi connectivity index (χ0) is 32.7. The number of carbonyl (C=O) groups excluding carboxylic acids is 1. The molecule has 6 heteroatoms. The SMILES string of the molecule is CCC(NC(c1ccccc1)c1ccccc1)(C(=O)O)C1(OCC#Cc2ccccc2)C(=O)N(Cc2ccccc2)c2ccccc21. The molecule has 1 aliphatic heterocycles. The monoisotopic (exact) mass is 620 g/mol. The van der Waals surface area contributed by atoms with Crippen LogP contribution in [0.25, 0.3) is 0 Å². The van der Waals surface area contributed by atoms with E-state index in [1.807, 2.05) is 140 Å². The van der Waals surface area contributed by atoms with Crippen LogP contribution in [0.3, 0.4) is 0 Å². The van der Waals surface area contributed by atoms with E-state index in [0.717, 1.165) is 22.3 Å². The van der Waals surface area contributed by atoms with E-state index in [1.165, 1.54) is 0 Å². The second-order valence-corrected chi connectivity index (χ2v) is 11.5. The Hall–Kier alpha value is -5.48. The molecule has 0 aliphatic carbocycles. The summed E-state index contributed by atoms with van der Waals surface area (Å²) >= 11 is 0. The van der Waals surface area contributed by atoms with Gasteiger partial charge in [0.2, 0.25) is 5.60 Å². The summed E-state index contributed by atoms with van der Waals surface area (Å²) in [7, 11) is 0. The summed E-state index contributed by atoms with van der Waals surface area (Å²) in [6, 6.07) is 45.3. The van der Waals surface area contributed by atoms with Gasteiger partial charge in [0.15, 0.2) is 5.54 Å². The fourth-order valence-electron chi connectivity index (χ4n) is 6.54. The third-order valence-corrected chi connectivity index (χ3v) is 8.82. The van der Waals surface area contributed by atoms with Crippen molar-refractivity contribution >= 4 is 17.6 Å². The number of rotatable bonds is 11. The lowest BCUT2D eigenvalue weighted by Crippen LogP contribution is -2.70. The Balaban J connectivity index is 1.54. The Kier molecular flexibility index (Phi) is 9.30. The highest BCUT2D eigenvalue weighted by molar-refractivity contribution is 6.11. The van der Waals surface area contributed by atoms with E-state index in [9.17, 15) is 9.90 Å². The summed E-state index contributed by atoms with van der Waals surface area (Å²) in [4.78, 5) is 30.8. The molecular formula is C41H36N2O4. The molecule has 234 valence electrons. The summed E-state index contributed by atoms with van der Waals surface area (Å²) in [6.45, 7) is 1.86. The molecule has 1 aliphatic rings. The van der Waals surface area contributed by atoms with Gasteiger partial charge in [0.25, 0.3) is 5.91 Å². The van der Waals surface area contributed by atoms with Crippen LogP contribution in [0.5, 0.6) is 0 Å². The molecule has 5 aromatic rings. The lowest BCUT2D eigenvalue weighted by molar-refractivity contribution is -0.177. The molecule has 0 saturated carbocycles. The van der Waals surface area contributed by atoms with E-state index in [-0.39, 0.29) is 19.6 Å². The van der Waals surface area contributed by atoms with Gasteiger partial charge in [-0.1, -0.05) is 146 Å². The summed E-state index contributed by atoms with van der Waals surface area (Å²) in [6.07, 6.45) is 0.0316. The van der Waals surface area contributed by atoms with E-state index in [4.69, 9.17) is 4.74 Å². The molecule has 0 radical (unpaired) electrons. The second kappa shape index (κ2) is 13.9. The number of fused-ring (bicyclic) bond motifs is 1. The van der Waals surface area contributed by atoms with Crippen molar-refractivity contribution in [3.63, 3.8) is 0 Å². The first kappa shape index (κ1) is 31.5. The third-order valence-electron chi connectivity index (χ3n) is 8.82. The van der Waals surface area contributed by atoms with E-state index < -0.39 is 29.1 Å². The number of carboxylic acid groups (broad SMARTS) is 1. The van der Waals surface area contributed by atoms with Crippen LogP contribution in [-0.4, -0.2) is 29.1 Å². The van der Waals surface area contributed by atoms with Crippen molar-refractivity contribution < 1.29 is 19.4 Å².